The van der Waals surface area contributed by atoms with Gasteiger partial charge in [-0.2, -0.15) is 5.26 Å². The first kappa shape index (κ1) is 14.6. The van der Waals surface area contributed by atoms with Gasteiger partial charge in [0.15, 0.2) is 0 Å². The Kier molecular flexibility index (Phi) is 4.15. The summed E-state index contributed by atoms with van der Waals surface area (Å²) in [5, 5.41) is 19.0. The van der Waals surface area contributed by atoms with Crippen molar-refractivity contribution in [2.45, 2.75) is 20.3 Å². The van der Waals surface area contributed by atoms with E-state index in [4.69, 9.17) is 11.6 Å². The lowest BCUT2D eigenvalue weighted by Gasteiger charge is -2.36. The highest BCUT2D eigenvalue weighted by Gasteiger charge is 2.31. The van der Waals surface area contributed by atoms with E-state index in [2.05, 4.69) is 11.1 Å². The number of aliphatic carboxylic acids is 1. The van der Waals surface area contributed by atoms with Crippen LogP contribution in [0.3, 0.4) is 0 Å². The van der Waals surface area contributed by atoms with E-state index in [0.717, 1.165) is 0 Å². The molecule has 0 saturated carbocycles. The Balaban J connectivity index is 2.38. The largest absolute Gasteiger partial charge is 0.481 e. The number of nitrogens with zero attached hydrogens (tertiary/aromatic N) is 3. The second kappa shape index (κ2) is 5.68. The van der Waals surface area contributed by atoms with Crippen molar-refractivity contribution in [3.05, 3.63) is 22.3 Å². The Morgan fingerprint density at radius 1 is 1.60 bits per heavy atom. The molecule has 1 aliphatic heterocycles. The number of carboxylic acid groups (broad SMARTS) is 1. The Bertz CT molecular complexity index is 583. The minimum absolute atomic E-state index is 0.245. The van der Waals surface area contributed by atoms with Crippen LogP contribution in [0.1, 0.15) is 24.5 Å². The van der Waals surface area contributed by atoms with Crippen LogP contribution in [0.5, 0.6) is 0 Å². The summed E-state index contributed by atoms with van der Waals surface area (Å²) in [6, 6.07) is 2.12. The third-order valence-electron chi connectivity index (χ3n) is 3.68. The predicted molar refractivity (Wildman–Crippen MR) is 75.8 cm³/mol. The van der Waals surface area contributed by atoms with Gasteiger partial charge in [0.05, 0.1) is 16.5 Å². The number of piperidine rings is 1. The third-order valence-corrected chi connectivity index (χ3v) is 4.06. The average molecular weight is 294 g/mol. The molecule has 2 rings (SSSR count). The number of aromatic nitrogens is 1. The van der Waals surface area contributed by atoms with Gasteiger partial charge in [-0.15, -0.1) is 0 Å². The van der Waals surface area contributed by atoms with Crippen molar-refractivity contribution in [1.82, 2.24) is 4.98 Å². The molecule has 106 valence electrons. The molecule has 1 aliphatic rings. The Labute approximate surface area is 122 Å². The minimum Gasteiger partial charge on any atom is -0.481 e. The Hall–Kier alpha value is -1.80. The normalized spacial score (nSPS) is 22.4. The van der Waals surface area contributed by atoms with Crippen molar-refractivity contribution in [2.24, 2.45) is 11.8 Å². The fraction of sp³-hybridized carbons (Fsp3) is 0.500. The molecule has 0 spiro atoms. The number of hydrogen-bond acceptors (Lipinski definition) is 4. The molecule has 20 heavy (non-hydrogen) atoms. The first-order valence-corrected chi connectivity index (χ1v) is 6.84. The maximum absolute atomic E-state index is 11.2. The zero-order chi connectivity index (χ0) is 14.9. The molecule has 2 unspecified atom stereocenters. The molecule has 2 heterocycles. The summed E-state index contributed by atoms with van der Waals surface area (Å²) in [4.78, 5) is 17.3. The van der Waals surface area contributed by atoms with Gasteiger partial charge in [0.1, 0.15) is 11.9 Å². The summed E-state index contributed by atoms with van der Waals surface area (Å²) in [7, 11) is 0. The maximum Gasteiger partial charge on any atom is 0.308 e. The number of hydrogen-bond donors (Lipinski definition) is 1. The van der Waals surface area contributed by atoms with E-state index in [1.54, 1.807) is 6.92 Å². The van der Waals surface area contributed by atoms with Crippen molar-refractivity contribution < 1.29 is 9.90 Å². The molecule has 2 atom stereocenters. The molecule has 0 radical (unpaired) electrons. The second-order valence-electron chi connectivity index (χ2n) is 5.32. The van der Waals surface area contributed by atoms with E-state index >= 15 is 0 Å². The number of anilines is 1. The third kappa shape index (κ3) is 2.70. The lowest BCUT2D eigenvalue weighted by Crippen LogP contribution is -2.43. The van der Waals surface area contributed by atoms with Crippen LogP contribution in [-0.4, -0.2) is 29.1 Å². The summed E-state index contributed by atoms with van der Waals surface area (Å²) in [6.07, 6.45) is 2.17. The van der Waals surface area contributed by atoms with E-state index in [1.165, 1.54) is 6.20 Å². The van der Waals surface area contributed by atoms with Gasteiger partial charge < -0.3 is 10.0 Å². The lowest BCUT2D eigenvalue weighted by atomic mass is 9.90. The van der Waals surface area contributed by atoms with E-state index in [0.29, 0.717) is 41.5 Å². The molecule has 1 saturated heterocycles. The van der Waals surface area contributed by atoms with Crippen LogP contribution >= 0.6 is 11.6 Å². The topological polar surface area (TPSA) is 77.2 Å². The van der Waals surface area contributed by atoms with Gasteiger partial charge in [0.25, 0.3) is 0 Å². The molecule has 1 N–H and O–H groups in total. The molecular formula is C14H16ClN3O2. The molecular weight excluding hydrogens is 278 g/mol. The highest BCUT2D eigenvalue weighted by atomic mass is 35.5. The van der Waals surface area contributed by atoms with Gasteiger partial charge in [-0.25, -0.2) is 4.98 Å². The fourth-order valence-electron chi connectivity index (χ4n) is 2.64. The standard InChI is InChI=1S/C14H16ClN3O2/c1-8-3-10(14(19)20)7-18(6-8)13-11(4-16)9(2)12(15)5-17-13/h5,8,10H,3,6-7H2,1-2H3,(H,19,20). The molecule has 0 aromatic carbocycles. The zero-order valence-corrected chi connectivity index (χ0v) is 12.2. The summed E-state index contributed by atoms with van der Waals surface area (Å²) in [5.41, 5.74) is 1.11. The highest BCUT2D eigenvalue weighted by Crippen LogP contribution is 2.30. The van der Waals surface area contributed by atoms with Gasteiger partial charge in [0, 0.05) is 19.3 Å². The van der Waals surface area contributed by atoms with Gasteiger partial charge in [-0.05, 0) is 24.8 Å². The summed E-state index contributed by atoms with van der Waals surface area (Å²) < 4.78 is 0. The van der Waals surface area contributed by atoms with Crippen LogP contribution in [-0.2, 0) is 4.79 Å². The van der Waals surface area contributed by atoms with Gasteiger partial charge >= 0.3 is 5.97 Å². The van der Waals surface area contributed by atoms with Crippen LogP contribution in [0.2, 0.25) is 5.02 Å². The summed E-state index contributed by atoms with van der Waals surface area (Å²) in [6.45, 7) is 4.86. The molecule has 6 heteroatoms. The lowest BCUT2D eigenvalue weighted by molar-refractivity contribution is -0.142. The fourth-order valence-corrected chi connectivity index (χ4v) is 2.79. The minimum atomic E-state index is -0.800. The van der Waals surface area contributed by atoms with E-state index in [-0.39, 0.29) is 5.92 Å². The number of pyridine rings is 1. The smallest absolute Gasteiger partial charge is 0.308 e. The van der Waals surface area contributed by atoms with Gasteiger partial charge in [-0.1, -0.05) is 18.5 Å². The van der Waals surface area contributed by atoms with Crippen LogP contribution in [0.4, 0.5) is 5.82 Å². The Morgan fingerprint density at radius 3 is 2.90 bits per heavy atom. The molecule has 1 aromatic rings. The van der Waals surface area contributed by atoms with Crippen LogP contribution in [0.15, 0.2) is 6.20 Å². The SMILES string of the molecule is Cc1c(Cl)cnc(N2CC(C)CC(C(=O)O)C2)c1C#N. The second-order valence-corrected chi connectivity index (χ2v) is 5.73. The van der Waals surface area contributed by atoms with Crippen molar-refractivity contribution >= 4 is 23.4 Å². The summed E-state index contributed by atoms with van der Waals surface area (Å²) in [5.74, 6) is -0.449. The zero-order valence-electron chi connectivity index (χ0n) is 11.4. The molecule has 1 aromatic heterocycles. The monoisotopic (exact) mass is 293 g/mol. The van der Waals surface area contributed by atoms with Crippen molar-refractivity contribution in [3.63, 3.8) is 0 Å². The summed E-state index contributed by atoms with van der Waals surface area (Å²) >= 11 is 5.99. The quantitative estimate of drug-likeness (QED) is 0.906. The van der Waals surface area contributed by atoms with Crippen LogP contribution < -0.4 is 4.90 Å². The molecule has 0 bridgehead atoms. The van der Waals surface area contributed by atoms with Gasteiger partial charge in [0.2, 0.25) is 0 Å². The number of rotatable bonds is 2. The molecule has 1 fully saturated rings. The molecule has 5 nitrogen and oxygen atoms in total. The number of nitriles is 1. The van der Waals surface area contributed by atoms with Crippen LogP contribution in [0, 0.1) is 30.1 Å². The first-order valence-electron chi connectivity index (χ1n) is 6.47. The maximum atomic E-state index is 11.2. The molecule has 0 amide bonds. The first-order chi connectivity index (χ1) is 9.43. The van der Waals surface area contributed by atoms with Gasteiger partial charge in [-0.3, -0.25) is 4.79 Å². The number of carbonyl (C=O) groups is 1. The highest BCUT2D eigenvalue weighted by molar-refractivity contribution is 6.31. The van der Waals surface area contributed by atoms with Crippen molar-refractivity contribution in [2.75, 3.05) is 18.0 Å². The number of halogens is 1. The van der Waals surface area contributed by atoms with Crippen molar-refractivity contribution in [3.8, 4) is 6.07 Å². The van der Waals surface area contributed by atoms with Crippen molar-refractivity contribution in [1.29, 1.82) is 5.26 Å². The van der Waals surface area contributed by atoms with E-state index in [9.17, 15) is 15.2 Å². The average Bonchev–Trinajstić information content (AvgIpc) is 2.40. The predicted octanol–water partition coefficient (Wildman–Crippen LogP) is 2.46. The molecule has 0 aliphatic carbocycles. The van der Waals surface area contributed by atoms with E-state index in [1.807, 2.05) is 11.8 Å². The number of carboxylic acids is 1. The van der Waals surface area contributed by atoms with Crippen LogP contribution in [0.25, 0.3) is 0 Å². The Morgan fingerprint density at radius 2 is 2.30 bits per heavy atom. The van der Waals surface area contributed by atoms with E-state index < -0.39 is 11.9 Å².